The van der Waals surface area contributed by atoms with Gasteiger partial charge in [0.05, 0.1) is 7.11 Å². The molecule has 4 heteroatoms. The fourth-order valence-electron chi connectivity index (χ4n) is 1.51. The number of benzene rings is 1. The summed E-state index contributed by atoms with van der Waals surface area (Å²) in [7, 11) is 1.65. The lowest BCUT2D eigenvalue weighted by molar-refractivity contribution is -0.131. The molecule has 98 valence electrons. The lowest BCUT2D eigenvalue weighted by Gasteiger charge is -2.09. The zero-order valence-electron chi connectivity index (χ0n) is 10.7. The molecule has 0 bridgehead atoms. The Morgan fingerprint density at radius 3 is 2.89 bits per heavy atom. The van der Waals surface area contributed by atoms with E-state index < -0.39 is 5.97 Å². The third-order valence-corrected chi connectivity index (χ3v) is 3.54. The number of thioether (sulfide) groups is 1. The monoisotopic (exact) mass is 266 g/mol. The summed E-state index contributed by atoms with van der Waals surface area (Å²) in [5, 5.41) is 8.60. The number of ether oxygens (including phenoxy) is 1. The van der Waals surface area contributed by atoms with Crippen molar-refractivity contribution in [3.63, 3.8) is 0 Å². The average molecular weight is 266 g/mol. The molecule has 1 aromatic rings. The van der Waals surface area contributed by atoms with E-state index >= 15 is 0 Å². The molecule has 0 aliphatic heterocycles. The number of carboxylic acid groups (broad SMARTS) is 1. The molecule has 0 saturated heterocycles. The van der Waals surface area contributed by atoms with Crippen molar-refractivity contribution in [2.75, 3.05) is 12.9 Å². The predicted molar refractivity (Wildman–Crippen MR) is 76.1 cm³/mol. The van der Waals surface area contributed by atoms with Gasteiger partial charge in [0, 0.05) is 17.4 Å². The molecular formula is C14H18O3S. The van der Waals surface area contributed by atoms with Crippen LogP contribution < -0.4 is 4.74 Å². The van der Waals surface area contributed by atoms with Crippen LogP contribution in [-0.2, 0) is 10.5 Å². The fourth-order valence-corrected chi connectivity index (χ4v) is 2.39. The Hall–Kier alpha value is -1.42. The predicted octanol–water partition coefficient (Wildman–Crippen LogP) is 3.44. The summed E-state index contributed by atoms with van der Waals surface area (Å²) in [6.07, 6.45) is 3.88. The van der Waals surface area contributed by atoms with Crippen molar-refractivity contribution in [1.29, 1.82) is 0 Å². The topological polar surface area (TPSA) is 46.5 Å². The highest BCUT2D eigenvalue weighted by molar-refractivity contribution is 7.98. The number of carboxylic acids is 1. The van der Waals surface area contributed by atoms with Crippen molar-refractivity contribution in [3.05, 3.63) is 35.4 Å². The van der Waals surface area contributed by atoms with E-state index in [1.54, 1.807) is 13.2 Å². The van der Waals surface area contributed by atoms with Crippen molar-refractivity contribution in [1.82, 2.24) is 0 Å². The lowest BCUT2D eigenvalue weighted by Crippen LogP contribution is -1.92. The third-order valence-electron chi connectivity index (χ3n) is 2.33. The molecule has 0 radical (unpaired) electrons. The van der Waals surface area contributed by atoms with Crippen molar-refractivity contribution >= 4 is 23.8 Å². The largest absolute Gasteiger partial charge is 0.496 e. The normalized spacial score (nSPS) is 10.8. The molecule has 18 heavy (non-hydrogen) atoms. The molecule has 3 nitrogen and oxygen atoms in total. The fraction of sp³-hybridized carbons (Fsp3) is 0.357. The van der Waals surface area contributed by atoms with Crippen LogP contribution in [0.2, 0.25) is 0 Å². The first-order valence-corrected chi connectivity index (χ1v) is 6.98. The maximum atomic E-state index is 10.5. The van der Waals surface area contributed by atoms with Gasteiger partial charge in [-0.2, -0.15) is 11.8 Å². The van der Waals surface area contributed by atoms with Crippen LogP contribution in [0.25, 0.3) is 6.08 Å². The maximum absolute atomic E-state index is 10.5. The van der Waals surface area contributed by atoms with E-state index in [0.717, 1.165) is 40.9 Å². The molecule has 1 rings (SSSR count). The highest BCUT2D eigenvalue weighted by Crippen LogP contribution is 2.25. The second kappa shape index (κ2) is 7.82. The highest BCUT2D eigenvalue weighted by atomic mass is 32.2. The van der Waals surface area contributed by atoms with Gasteiger partial charge in [0.15, 0.2) is 0 Å². The number of rotatable bonds is 7. The van der Waals surface area contributed by atoms with Crippen molar-refractivity contribution < 1.29 is 14.6 Å². The van der Waals surface area contributed by atoms with Crippen LogP contribution in [0.15, 0.2) is 24.3 Å². The van der Waals surface area contributed by atoms with E-state index in [2.05, 4.69) is 6.92 Å². The molecule has 1 N–H and O–H groups in total. The van der Waals surface area contributed by atoms with E-state index in [0.29, 0.717) is 0 Å². The minimum Gasteiger partial charge on any atom is -0.496 e. The summed E-state index contributed by atoms with van der Waals surface area (Å²) in [4.78, 5) is 10.5. The quantitative estimate of drug-likeness (QED) is 0.606. The smallest absolute Gasteiger partial charge is 0.328 e. The van der Waals surface area contributed by atoms with Crippen molar-refractivity contribution in [2.45, 2.75) is 19.1 Å². The number of hydrogen-bond donors (Lipinski definition) is 1. The van der Waals surface area contributed by atoms with Crippen molar-refractivity contribution in [3.8, 4) is 5.75 Å². The summed E-state index contributed by atoms with van der Waals surface area (Å²) in [6.45, 7) is 2.15. The average Bonchev–Trinajstić information content (AvgIpc) is 2.37. The second-order valence-corrected chi connectivity index (χ2v) is 4.90. The Morgan fingerprint density at radius 1 is 1.50 bits per heavy atom. The molecule has 1 aromatic carbocycles. The highest BCUT2D eigenvalue weighted by Gasteiger charge is 2.03. The molecule has 0 aliphatic carbocycles. The Balaban J connectivity index is 2.83. The Labute approximate surface area is 112 Å². The van der Waals surface area contributed by atoms with Gasteiger partial charge in [0.1, 0.15) is 5.75 Å². The van der Waals surface area contributed by atoms with Gasteiger partial charge in [-0.15, -0.1) is 0 Å². The minimum atomic E-state index is -0.937. The number of aliphatic carboxylic acids is 1. The van der Waals surface area contributed by atoms with Crippen LogP contribution in [0.1, 0.15) is 24.5 Å². The lowest BCUT2D eigenvalue weighted by atomic mass is 10.1. The summed E-state index contributed by atoms with van der Waals surface area (Å²) in [5.74, 6) is 1.91. The molecule has 0 saturated carbocycles. The summed E-state index contributed by atoms with van der Waals surface area (Å²) >= 11 is 1.85. The molecule has 0 aliphatic rings. The molecule has 0 heterocycles. The van der Waals surface area contributed by atoms with Crippen LogP contribution in [-0.4, -0.2) is 23.9 Å². The van der Waals surface area contributed by atoms with Gasteiger partial charge in [-0.05, 0) is 35.9 Å². The van der Waals surface area contributed by atoms with E-state index in [1.165, 1.54) is 0 Å². The van der Waals surface area contributed by atoms with Crippen LogP contribution in [0.5, 0.6) is 5.75 Å². The first-order chi connectivity index (χ1) is 8.67. The van der Waals surface area contributed by atoms with Crippen LogP contribution >= 0.6 is 11.8 Å². The van der Waals surface area contributed by atoms with Crippen LogP contribution in [0.3, 0.4) is 0 Å². The zero-order chi connectivity index (χ0) is 13.4. The molecule has 0 atom stereocenters. The molecule has 0 amide bonds. The molecule has 0 unspecified atom stereocenters. The SMILES string of the molecule is CCCSCc1cc(C=CC(=O)O)ccc1OC. The number of hydrogen-bond acceptors (Lipinski definition) is 3. The second-order valence-electron chi connectivity index (χ2n) is 3.80. The number of methoxy groups -OCH3 is 1. The Kier molecular flexibility index (Phi) is 6.36. The first kappa shape index (κ1) is 14.6. The van der Waals surface area contributed by atoms with E-state index in [1.807, 2.05) is 30.0 Å². The number of carbonyl (C=O) groups is 1. The van der Waals surface area contributed by atoms with Gasteiger partial charge in [0.2, 0.25) is 0 Å². The van der Waals surface area contributed by atoms with Gasteiger partial charge < -0.3 is 9.84 Å². The van der Waals surface area contributed by atoms with Crippen LogP contribution in [0.4, 0.5) is 0 Å². The van der Waals surface area contributed by atoms with E-state index in [9.17, 15) is 4.79 Å². The Morgan fingerprint density at radius 2 is 2.28 bits per heavy atom. The molecule has 0 aromatic heterocycles. The maximum Gasteiger partial charge on any atom is 0.328 e. The van der Waals surface area contributed by atoms with Crippen molar-refractivity contribution in [2.24, 2.45) is 0 Å². The summed E-state index contributed by atoms with van der Waals surface area (Å²) in [5.41, 5.74) is 1.98. The van der Waals surface area contributed by atoms with E-state index in [-0.39, 0.29) is 0 Å². The van der Waals surface area contributed by atoms with Gasteiger partial charge in [-0.3, -0.25) is 0 Å². The zero-order valence-corrected chi connectivity index (χ0v) is 11.5. The van der Waals surface area contributed by atoms with Gasteiger partial charge >= 0.3 is 5.97 Å². The Bertz CT molecular complexity index is 427. The van der Waals surface area contributed by atoms with Gasteiger partial charge in [-0.1, -0.05) is 13.0 Å². The van der Waals surface area contributed by atoms with E-state index in [4.69, 9.17) is 9.84 Å². The first-order valence-electron chi connectivity index (χ1n) is 5.83. The van der Waals surface area contributed by atoms with Gasteiger partial charge in [-0.25, -0.2) is 4.79 Å². The van der Waals surface area contributed by atoms with Crippen LogP contribution in [0, 0.1) is 0 Å². The van der Waals surface area contributed by atoms with Gasteiger partial charge in [0.25, 0.3) is 0 Å². The third kappa shape index (κ3) is 4.84. The molecular weight excluding hydrogens is 248 g/mol. The molecule has 0 spiro atoms. The molecule has 0 fully saturated rings. The standard InChI is InChI=1S/C14H18O3S/c1-3-8-18-10-12-9-11(5-7-14(15)16)4-6-13(12)17-2/h4-7,9H,3,8,10H2,1-2H3,(H,15,16). The minimum absolute atomic E-state index is 0.853. The summed E-state index contributed by atoms with van der Waals surface area (Å²) < 4.78 is 5.30. The summed E-state index contributed by atoms with van der Waals surface area (Å²) in [6, 6.07) is 5.70.